The summed E-state index contributed by atoms with van der Waals surface area (Å²) in [4.78, 5) is 0. The normalized spacial score (nSPS) is 8.22. The number of hydrogen-bond acceptors (Lipinski definition) is 4. The molecule has 0 heterocycles. The van der Waals surface area contributed by atoms with Crippen molar-refractivity contribution in [2.75, 3.05) is 47.8 Å². The van der Waals surface area contributed by atoms with E-state index in [1.165, 1.54) is 0 Å². The Morgan fingerprint density at radius 2 is 1.09 bits per heavy atom. The summed E-state index contributed by atoms with van der Waals surface area (Å²) in [5.74, 6) is 0. The van der Waals surface area contributed by atoms with Gasteiger partial charge in [0.2, 0.25) is 0 Å². The van der Waals surface area contributed by atoms with Gasteiger partial charge in [0.05, 0.1) is 25.9 Å². The number of ether oxygens (including phenoxy) is 4. The third kappa shape index (κ3) is 61.3. The summed E-state index contributed by atoms with van der Waals surface area (Å²) in [5.41, 5.74) is 0. The predicted molar refractivity (Wildman–Crippen MR) is 113 cm³/mol. The molecule has 0 aromatic heterocycles. The molecule has 0 saturated carbocycles. The molecular formula is C19H56O4. The van der Waals surface area contributed by atoms with E-state index in [1.54, 1.807) is 21.3 Å². The number of hydrogen-bond donors (Lipinski definition) is 0. The zero-order chi connectivity index (χ0) is 12.6. The Morgan fingerprint density at radius 3 is 1.30 bits per heavy atom. The van der Waals surface area contributed by atoms with Crippen molar-refractivity contribution in [3.8, 4) is 0 Å². The van der Waals surface area contributed by atoms with Crippen LogP contribution in [0, 0.1) is 0 Å². The second kappa shape index (κ2) is 57.5. The van der Waals surface area contributed by atoms with Gasteiger partial charge < -0.3 is 18.9 Å². The zero-order valence-electron chi connectivity index (χ0n) is 11.5. The Kier molecular flexibility index (Phi) is 142. The molecule has 1 atom stereocenters. The quantitative estimate of drug-likeness (QED) is 0.441. The van der Waals surface area contributed by atoms with E-state index in [1.807, 2.05) is 0 Å². The fourth-order valence-corrected chi connectivity index (χ4v) is 0.914. The fourth-order valence-electron chi connectivity index (χ4n) is 0.914. The van der Waals surface area contributed by atoms with Crippen LogP contribution in [0.5, 0.6) is 0 Å². The smallest absolute Gasteiger partial charge is 0.0802 e. The standard InChI is InChI=1S/C8H18O3.C4H10O.7CH4/c1-4-8(10-3)7-11-6-5-9-2;1-3-4-5-2;;;;;;;/h8H,4-7H2,1-3H3;3-4H2,1-2H3;7*1H4. The second-order valence-electron chi connectivity index (χ2n) is 3.33. The van der Waals surface area contributed by atoms with E-state index >= 15 is 0 Å². The highest BCUT2D eigenvalue weighted by Gasteiger charge is 2.02. The van der Waals surface area contributed by atoms with E-state index < -0.39 is 0 Å². The first-order chi connectivity index (χ1) is 7.76. The van der Waals surface area contributed by atoms with E-state index in [2.05, 4.69) is 13.8 Å². The molecule has 0 aliphatic rings. The van der Waals surface area contributed by atoms with Crippen LogP contribution in [0.3, 0.4) is 0 Å². The SMILES string of the molecule is C.C.C.C.C.C.C.CCC(COCCOC)OC.CCCOC. The van der Waals surface area contributed by atoms with Gasteiger partial charge in [0, 0.05) is 27.9 Å². The van der Waals surface area contributed by atoms with Crippen LogP contribution in [0.1, 0.15) is 78.7 Å². The average Bonchev–Trinajstić information content (AvgIpc) is 2.31. The van der Waals surface area contributed by atoms with Crippen molar-refractivity contribution in [3.63, 3.8) is 0 Å². The molecule has 0 aromatic carbocycles. The molecule has 0 N–H and O–H groups in total. The average molecular weight is 349 g/mol. The van der Waals surface area contributed by atoms with Crippen molar-refractivity contribution in [1.29, 1.82) is 0 Å². The Bertz CT molecular complexity index is 106. The lowest BCUT2D eigenvalue weighted by Crippen LogP contribution is -2.18. The highest BCUT2D eigenvalue weighted by molar-refractivity contribution is 4.50. The highest BCUT2D eigenvalue weighted by atomic mass is 16.5. The molecule has 0 aliphatic carbocycles. The van der Waals surface area contributed by atoms with E-state index in [4.69, 9.17) is 18.9 Å². The third-order valence-corrected chi connectivity index (χ3v) is 1.93. The lowest BCUT2D eigenvalue weighted by molar-refractivity contribution is -0.00831. The Hall–Kier alpha value is -0.160. The predicted octanol–water partition coefficient (Wildman–Crippen LogP) is 6.57. The third-order valence-electron chi connectivity index (χ3n) is 1.93. The largest absolute Gasteiger partial charge is 0.385 e. The first kappa shape index (κ1) is 56.9. The van der Waals surface area contributed by atoms with Crippen LogP contribution >= 0.6 is 0 Å². The summed E-state index contributed by atoms with van der Waals surface area (Å²) in [6.45, 7) is 7.02. The molecule has 0 aliphatic heterocycles. The van der Waals surface area contributed by atoms with Crippen molar-refractivity contribution in [1.82, 2.24) is 0 Å². The lowest BCUT2D eigenvalue weighted by atomic mass is 10.3. The van der Waals surface area contributed by atoms with Crippen LogP contribution in [0.2, 0.25) is 0 Å². The van der Waals surface area contributed by atoms with Gasteiger partial charge in [-0.25, -0.2) is 0 Å². The van der Waals surface area contributed by atoms with Gasteiger partial charge in [-0.1, -0.05) is 65.8 Å². The Labute approximate surface area is 152 Å². The molecule has 0 aromatic rings. The van der Waals surface area contributed by atoms with Crippen molar-refractivity contribution >= 4 is 0 Å². The molecule has 1 unspecified atom stereocenters. The first-order valence-electron chi connectivity index (χ1n) is 5.85. The second-order valence-corrected chi connectivity index (χ2v) is 3.33. The van der Waals surface area contributed by atoms with Gasteiger partial charge in [-0.05, 0) is 12.8 Å². The minimum absolute atomic E-state index is 0. The zero-order valence-corrected chi connectivity index (χ0v) is 11.5. The molecule has 4 nitrogen and oxygen atoms in total. The summed E-state index contributed by atoms with van der Waals surface area (Å²) < 4.78 is 19.9. The Balaban J connectivity index is -0.0000000211. The molecule has 0 rings (SSSR count). The fraction of sp³-hybridized carbons (Fsp3) is 1.00. The minimum Gasteiger partial charge on any atom is -0.385 e. The van der Waals surface area contributed by atoms with Crippen LogP contribution in [0.25, 0.3) is 0 Å². The van der Waals surface area contributed by atoms with E-state index in [-0.39, 0.29) is 58.1 Å². The molecule has 156 valence electrons. The summed E-state index contributed by atoms with van der Waals surface area (Å²) >= 11 is 0. The van der Waals surface area contributed by atoms with Crippen molar-refractivity contribution in [2.45, 2.75) is 84.8 Å². The van der Waals surface area contributed by atoms with Crippen LogP contribution in [-0.4, -0.2) is 53.9 Å². The van der Waals surface area contributed by atoms with E-state index in [9.17, 15) is 0 Å². The van der Waals surface area contributed by atoms with Crippen molar-refractivity contribution < 1.29 is 18.9 Å². The van der Waals surface area contributed by atoms with Crippen LogP contribution in [0.4, 0.5) is 0 Å². The van der Waals surface area contributed by atoms with Crippen LogP contribution in [0.15, 0.2) is 0 Å². The Morgan fingerprint density at radius 1 is 0.652 bits per heavy atom. The maximum atomic E-state index is 5.27. The minimum atomic E-state index is 0. The molecule has 0 amide bonds. The molecule has 23 heavy (non-hydrogen) atoms. The van der Waals surface area contributed by atoms with Crippen LogP contribution in [-0.2, 0) is 18.9 Å². The molecular weight excluding hydrogens is 292 g/mol. The monoisotopic (exact) mass is 348 g/mol. The molecule has 0 radical (unpaired) electrons. The molecule has 0 bridgehead atoms. The lowest BCUT2D eigenvalue weighted by Gasteiger charge is -2.12. The van der Waals surface area contributed by atoms with Crippen molar-refractivity contribution in [2.24, 2.45) is 0 Å². The first-order valence-corrected chi connectivity index (χ1v) is 5.85. The van der Waals surface area contributed by atoms with Gasteiger partial charge in [0.25, 0.3) is 0 Å². The topological polar surface area (TPSA) is 36.9 Å². The maximum Gasteiger partial charge on any atom is 0.0802 e. The van der Waals surface area contributed by atoms with Gasteiger partial charge in [-0.15, -0.1) is 0 Å². The van der Waals surface area contributed by atoms with Crippen LogP contribution < -0.4 is 0 Å². The molecule has 0 saturated heterocycles. The summed E-state index contributed by atoms with van der Waals surface area (Å²) in [5, 5.41) is 0. The van der Waals surface area contributed by atoms with Gasteiger partial charge in [-0.2, -0.15) is 0 Å². The summed E-state index contributed by atoms with van der Waals surface area (Å²) in [6, 6.07) is 0. The van der Waals surface area contributed by atoms with Gasteiger partial charge >= 0.3 is 0 Å². The van der Waals surface area contributed by atoms with Gasteiger partial charge in [0.15, 0.2) is 0 Å². The summed E-state index contributed by atoms with van der Waals surface area (Å²) in [6.07, 6.45) is 2.34. The summed E-state index contributed by atoms with van der Waals surface area (Å²) in [7, 11) is 5.08. The maximum absolute atomic E-state index is 5.27. The molecule has 4 heteroatoms. The van der Waals surface area contributed by atoms with E-state index in [0.29, 0.717) is 19.8 Å². The van der Waals surface area contributed by atoms with Gasteiger partial charge in [-0.3, -0.25) is 0 Å². The molecule has 0 spiro atoms. The highest BCUT2D eigenvalue weighted by Crippen LogP contribution is 1.95. The van der Waals surface area contributed by atoms with Gasteiger partial charge in [0.1, 0.15) is 0 Å². The van der Waals surface area contributed by atoms with E-state index in [0.717, 1.165) is 19.4 Å². The number of rotatable bonds is 9. The van der Waals surface area contributed by atoms with Crippen molar-refractivity contribution in [3.05, 3.63) is 0 Å². The molecule has 0 fully saturated rings. The number of methoxy groups -OCH3 is 3.